The normalized spacial score (nSPS) is 12.2. The molecule has 104 valence electrons. The molecule has 19 heavy (non-hydrogen) atoms. The minimum atomic E-state index is -1.06. The molecule has 0 aliphatic heterocycles. The summed E-state index contributed by atoms with van der Waals surface area (Å²) in [5, 5.41) is 11.4. The Bertz CT molecular complexity index is 580. The van der Waals surface area contributed by atoms with Crippen LogP contribution in [0.2, 0.25) is 25.7 Å². The molecule has 5 nitrogen and oxygen atoms in total. The topological polar surface area (TPSA) is 54.0 Å². The standard InChI is InChI=1S/C12H18BrN3O2Si/c1-19(2,3)5-4-18-9-15-8-14-12-10(13)6-16(17)7-11(12)15/h6-8H,4-5,9H2,1-3H3. The fourth-order valence-electron chi connectivity index (χ4n) is 1.69. The summed E-state index contributed by atoms with van der Waals surface area (Å²) < 4.78 is 8.98. The van der Waals surface area contributed by atoms with Crippen molar-refractivity contribution in [2.75, 3.05) is 6.61 Å². The zero-order valence-electron chi connectivity index (χ0n) is 11.4. The van der Waals surface area contributed by atoms with Crippen LogP contribution in [-0.4, -0.2) is 24.2 Å². The number of hydrogen-bond donors (Lipinski definition) is 0. The Morgan fingerprint density at radius 2 is 2.16 bits per heavy atom. The van der Waals surface area contributed by atoms with Gasteiger partial charge in [0.2, 0.25) is 6.20 Å². The largest absolute Gasteiger partial charge is 0.619 e. The molecule has 0 N–H and O–H groups in total. The third-order valence-electron chi connectivity index (χ3n) is 2.82. The molecule has 0 bridgehead atoms. The minimum Gasteiger partial charge on any atom is -0.619 e. The molecular formula is C12H18BrN3O2Si. The lowest BCUT2D eigenvalue weighted by Crippen LogP contribution is -2.25. The van der Waals surface area contributed by atoms with Crippen molar-refractivity contribution in [2.24, 2.45) is 0 Å². The molecule has 0 amide bonds. The van der Waals surface area contributed by atoms with Crippen LogP contribution in [-0.2, 0) is 11.5 Å². The fourth-order valence-corrected chi connectivity index (χ4v) is 2.95. The van der Waals surface area contributed by atoms with Gasteiger partial charge in [-0.15, -0.1) is 0 Å². The van der Waals surface area contributed by atoms with Crippen molar-refractivity contribution in [2.45, 2.75) is 32.4 Å². The van der Waals surface area contributed by atoms with Crippen LogP contribution in [0.5, 0.6) is 0 Å². The minimum absolute atomic E-state index is 0.428. The first-order valence-corrected chi connectivity index (χ1v) is 10.7. The van der Waals surface area contributed by atoms with Gasteiger partial charge < -0.3 is 14.5 Å². The van der Waals surface area contributed by atoms with E-state index in [-0.39, 0.29) is 0 Å². The maximum absolute atomic E-state index is 11.4. The second-order valence-electron chi connectivity index (χ2n) is 5.76. The molecular weight excluding hydrogens is 326 g/mol. The SMILES string of the molecule is C[Si](C)(C)CCOCn1cnc2c(Br)c[n+]([O-])cc21. The van der Waals surface area contributed by atoms with Gasteiger partial charge in [-0.2, -0.15) is 4.73 Å². The Morgan fingerprint density at radius 3 is 2.84 bits per heavy atom. The molecule has 0 saturated carbocycles. The summed E-state index contributed by atoms with van der Waals surface area (Å²) in [4.78, 5) is 4.28. The van der Waals surface area contributed by atoms with Crippen molar-refractivity contribution in [3.05, 3.63) is 28.4 Å². The quantitative estimate of drug-likeness (QED) is 0.363. The summed E-state index contributed by atoms with van der Waals surface area (Å²) in [5.74, 6) is 0. The predicted molar refractivity (Wildman–Crippen MR) is 80.5 cm³/mol. The number of nitrogens with zero attached hydrogens (tertiary/aromatic N) is 3. The van der Waals surface area contributed by atoms with E-state index in [1.807, 2.05) is 4.57 Å². The molecule has 0 aliphatic carbocycles. The fraction of sp³-hybridized carbons (Fsp3) is 0.500. The van der Waals surface area contributed by atoms with E-state index in [9.17, 15) is 5.21 Å². The van der Waals surface area contributed by atoms with E-state index in [0.717, 1.165) is 28.4 Å². The average Bonchev–Trinajstić information content (AvgIpc) is 2.66. The van der Waals surface area contributed by atoms with Gasteiger partial charge in [0, 0.05) is 14.7 Å². The first-order chi connectivity index (χ1) is 8.87. The number of halogens is 1. The molecule has 0 aliphatic rings. The summed E-state index contributed by atoms with van der Waals surface area (Å²) in [6.45, 7) is 8.14. The zero-order chi connectivity index (χ0) is 14.0. The third-order valence-corrected chi connectivity index (χ3v) is 5.11. The van der Waals surface area contributed by atoms with E-state index in [4.69, 9.17) is 4.74 Å². The van der Waals surface area contributed by atoms with Gasteiger partial charge >= 0.3 is 0 Å². The Kier molecular flexibility index (Phi) is 4.27. The van der Waals surface area contributed by atoms with Crippen molar-refractivity contribution in [1.82, 2.24) is 9.55 Å². The van der Waals surface area contributed by atoms with E-state index in [1.54, 1.807) is 6.33 Å². The number of imidazole rings is 1. The van der Waals surface area contributed by atoms with Crippen molar-refractivity contribution >= 4 is 35.0 Å². The lowest BCUT2D eigenvalue weighted by atomic mass is 10.4. The number of ether oxygens (including phenoxy) is 1. The smallest absolute Gasteiger partial charge is 0.206 e. The zero-order valence-corrected chi connectivity index (χ0v) is 14.0. The van der Waals surface area contributed by atoms with Crippen LogP contribution in [0, 0.1) is 5.21 Å². The first-order valence-electron chi connectivity index (χ1n) is 6.18. The van der Waals surface area contributed by atoms with Gasteiger partial charge in [-0.1, -0.05) is 19.6 Å². The molecule has 7 heteroatoms. The Balaban J connectivity index is 2.05. The average molecular weight is 344 g/mol. The number of rotatable bonds is 5. The highest BCUT2D eigenvalue weighted by atomic mass is 79.9. The van der Waals surface area contributed by atoms with E-state index >= 15 is 0 Å². The molecule has 0 aromatic carbocycles. The molecule has 0 atom stereocenters. The highest BCUT2D eigenvalue weighted by Gasteiger charge is 2.13. The molecule has 0 radical (unpaired) electrons. The monoisotopic (exact) mass is 343 g/mol. The molecule has 2 rings (SSSR count). The van der Waals surface area contributed by atoms with E-state index in [2.05, 4.69) is 40.6 Å². The van der Waals surface area contributed by atoms with Crippen LogP contribution in [0.4, 0.5) is 0 Å². The summed E-state index contributed by atoms with van der Waals surface area (Å²) in [6, 6.07) is 1.13. The van der Waals surface area contributed by atoms with Crippen molar-refractivity contribution in [3.8, 4) is 0 Å². The van der Waals surface area contributed by atoms with Gasteiger partial charge in [-0.3, -0.25) is 0 Å². The van der Waals surface area contributed by atoms with Gasteiger partial charge in [0.05, 0.1) is 6.33 Å². The predicted octanol–water partition coefficient (Wildman–Crippen LogP) is 2.74. The molecule has 0 fully saturated rings. The first kappa shape index (κ1) is 14.5. The lowest BCUT2D eigenvalue weighted by Gasteiger charge is -2.15. The van der Waals surface area contributed by atoms with Gasteiger partial charge in [0.25, 0.3) is 0 Å². The van der Waals surface area contributed by atoms with Gasteiger partial charge in [0.1, 0.15) is 22.2 Å². The number of hydrogen-bond acceptors (Lipinski definition) is 3. The van der Waals surface area contributed by atoms with Gasteiger partial charge in [0.15, 0.2) is 6.20 Å². The van der Waals surface area contributed by atoms with Crippen LogP contribution < -0.4 is 4.73 Å². The lowest BCUT2D eigenvalue weighted by molar-refractivity contribution is -0.604. The maximum atomic E-state index is 11.4. The molecule has 2 aromatic heterocycles. The van der Waals surface area contributed by atoms with Crippen LogP contribution in [0.15, 0.2) is 23.2 Å². The Hall–Kier alpha value is -0.923. The summed E-state index contributed by atoms with van der Waals surface area (Å²) in [5.41, 5.74) is 1.55. The molecule has 0 saturated heterocycles. The van der Waals surface area contributed by atoms with Gasteiger partial charge in [-0.25, -0.2) is 4.98 Å². The van der Waals surface area contributed by atoms with E-state index in [1.165, 1.54) is 12.4 Å². The Morgan fingerprint density at radius 1 is 1.42 bits per heavy atom. The summed E-state index contributed by atoms with van der Waals surface area (Å²) >= 11 is 3.34. The number of aromatic nitrogens is 3. The van der Waals surface area contributed by atoms with Crippen molar-refractivity contribution in [1.29, 1.82) is 0 Å². The summed E-state index contributed by atoms with van der Waals surface area (Å²) in [7, 11) is -1.06. The third kappa shape index (κ3) is 3.77. The number of fused-ring (bicyclic) bond motifs is 1. The maximum Gasteiger partial charge on any atom is 0.206 e. The summed E-state index contributed by atoms with van der Waals surface area (Å²) in [6.07, 6.45) is 4.66. The second kappa shape index (κ2) is 5.60. The highest BCUT2D eigenvalue weighted by molar-refractivity contribution is 9.10. The number of pyridine rings is 1. The molecule has 0 spiro atoms. The van der Waals surface area contributed by atoms with Crippen LogP contribution in [0.3, 0.4) is 0 Å². The van der Waals surface area contributed by atoms with E-state index in [0.29, 0.717) is 11.2 Å². The van der Waals surface area contributed by atoms with Crippen LogP contribution in [0.1, 0.15) is 0 Å². The molecule has 2 aromatic rings. The van der Waals surface area contributed by atoms with Crippen molar-refractivity contribution < 1.29 is 9.47 Å². The van der Waals surface area contributed by atoms with Crippen LogP contribution >= 0.6 is 15.9 Å². The second-order valence-corrected chi connectivity index (χ2v) is 12.2. The highest BCUT2D eigenvalue weighted by Crippen LogP contribution is 2.20. The van der Waals surface area contributed by atoms with E-state index < -0.39 is 8.07 Å². The molecule has 0 unspecified atom stereocenters. The van der Waals surface area contributed by atoms with Crippen LogP contribution in [0.25, 0.3) is 11.0 Å². The van der Waals surface area contributed by atoms with Gasteiger partial charge in [-0.05, 0) is 22.0 Å². The molecule has 2 heterocycles. The van der Waals surface area contributed by atoms with Crippen molar-refractivity contribution in [3.63, 3.8) is 0 Å². The Labute approximate surface area is 121 Å².